The summed E-state index contributed by atoms with van der Waals surface area (Å²) in [7, 11) is -2.03. The Hall–Kier alpha value is -1.15. The van der Waals surface area contributed by atoms with Crippen molar-refractivity contribution in [3.05, 3.63) is 23.3 Å². The van der Waals surface area contributed by atoms with Crippen LogP contribution >= 0.6 is 12.4 Å². The maximum atomic E-state index is 11.7. The maximum Gasteiger partial charge on any atom is 0.238 e. The molecule has 4 N–H and O–H groups in total. The second kappa shape index (κ2) is 7.58. The van der Waals surface area contributed by atoms with Crippen molar-refractivity contribution in [1.82, 2.24) is 5.32 Å². The van der Waals surface area contributed by atoms with Gasteiger partial charge in [0.25, 0.3) is 0 Å². The van der Waals surface area contributed by atoms with Crippen molar-refractivity contribution in [2.75, 3.05) is 18.9 Å². The number of benzene rings is 1. The van der Waals surface area contributed by atoms with Crippen molar-refractivity contribution in [1.29, 1.82) is 0 Å². The second-order valence-electron chi connectivity index (χ2n) is 4.36. The molecule has 0 bridgehead atoms. The van der Waals surface area contributed by atoms with Crippen LogP contribution in [0.25, 0.3) is 0 Å². The van der Waals surface area contributed by atoms with E-state index < -0.39 is 10.0 Å². The molecule has 0 atom stereocenters. The quantitative estimate of drug-likeness (QED) is 0.750. The fourth-order valence-electron chi connectivity index (χ4n) is 1.57. The Balaban J connectivity index is 0.00000361. The van der Waals surface area contributed by atoms with Gasteiger partial charge in [-0.15, -0.1) is 12.4 Å². The Bertz CT molecular complexity index is 588. The molecule has 0 aliphatic carbocycles. The SMILES string of the molecule is CNCCC(=O)Nc1cc(S(N)(=O)=O)cc(C)c1C.Cl. The number of sulfonamides is 1. The first kappa shape index (κ1) is 18.9. The van der Waals surface area contributed by atoms with E-state index in [1.165, 1.54) is 12.1 Å². The van der Waals surface area contributed by atoms with E-state index >= 15 is 0 Å². The molecule has 0 saturated carbocycles. The van der Waals surface area contributed by atoms with Gasteiger partial charge in [-0.05, 0) is 44.2 Å². The zero-order chi connectivity index (χ0) is 14.6. The molecule has 0 radical (unpaired) electrons. The fraction of sp³-hybridized carbons (Fsp3) is 0.417. The number of hydrogen-bond donors (Lipinski definition) is 3. The number of amides is 1. The van der Waals surface area contributed by atoms with E-state index in [1.54, 1.807) is 14.0 Å². The van der Waals surface area contributed by atoms with E-state index in [-0.39, 0.29) is 23.2 Å². The van der Waals surface area contributed by atoms with Gasteiger partial charge in [0.2, 0.25) is 15.9 Å². The molecule has 1 amide bonds. The highest BCUT2D eigenvalue weighted by Gasteiger charge is 2.13. The molecule has 114 valence electrons. The van der Waals surface area contributed by atoms with Crippen LogP contribution in [0.1, 0.15) is 17.5 Å². The summed E-state index contributed by atoms with van der Waals surface area (Å²) in [4.78, 5) is 11.7. The predicted molar refractivity (Wildman–Crippen MR) is 81.7 cm³/mol. The van der Waals surface area contributed by atoms with Gasteiger partial charge >= 0.3 is 0 Å². The monoisotopic (exact) mass is 321 g/mol. The van der Waals surface area contributed by atoms with Crippen LogP contribution in [0.15, 0.2) is 17.0 Å². The van der Waals surface area contributed by atoms with Gasteiger partial charge in [0, 0.05) is 18.7 Å². The van der Waals surface area contributed by atoms with Gasteiger partial charge in [0.05, 0.1) is 4.90 Å². The minimum Gasteiger partial charge on any atom is -0.326 e. The molecule has 1 rings (SSSR count). The van der Waals surface area contributed by atoms with Gasteiger partial charge in [-0.1, -0.05) is 0 Å². The summed E-state index contributed by atoms with van der Waals surface area (Å²) >= 11 is 0. The van der Waals surface area contributed by atoms with Crippen LogP contribution in [0, 0.1) is 13.8 Å². The summed E-state index contributed by atoms with van der Waals surface area (Å²) in [6, 6.07) is 2.88. The lowest BCUT2D eigenvalue weighted by Gasteiger charge is -2.12. The number of primary sulfonamides is 1. The summed E-state index contributed by atoms with van der Waals surface area (Å²) in [6.07, 6.45) is 0.314. The number of hydrogen-bond acceptors (Lipinski definition) is 4. The van der Waals surface area contributed by atoms with E-state index in [2.05, 4.69) is 10.6 Å². The standard InChI is InChI=1S/C12H19N3O3S.ClH/c1-8-6-10(19(13,17)18)7-11(9(8)2)15-12(16)4-5-14-3;/h6-7,14H,4-5H2,1-3H3,(H,15,16)(H2,13,17,18);1H. The van der Waals surface area contributed by atoms with Crippen molar-refractivity contribution in [3.8, 4) is 0 Å². The molecule has 0 saturated heterocycles. The number of rotatable bonds is 5. The average Bonchev–Trinajstić information content (AvgIpc) is 2.30. The van der Waals surface area contributed by atoms with E-state index in [0.29, 0.717) is 18.7 Å². The number of carbonyl (C=O) groups excluding carboxylic acids is 1. The third kappa shape index (κ3) is 5.09. The molecule has 6 nitrogen and oxygen atoms in total. The lowest BCUT2D eigenvalue weighted by Crippen LogP contribution is -2.20. The summed E-state index contributed by atoms with van der Waals surface area (Å²) in [6.45, 7) is 4.14. The Kier molecular flexibility index (Phi) is 7.15. The van der Waals surface area contributed by atoms with Gasteiger partial charge in [-0.3, -0.25) is 4.79 Å². The van der Waals surface area contributed by atoms with Crippen molar-refractivity contribution >= 4 is 34.0 Å². The first-order chi connectivity index (χ1) is 8.75. The van der Waals surface area contributed by atoms with Crippen LogP contribution in [0.3, 0.4) is 0 Å². The number of halogens is 1. The van der Waals surface area contributed by atoms with Crippen LogP contribution in [-0.2, 0) is 14.8 Å². The second-order valence-corrected chi connectivity index (χ2v) is 5.92. The minimum atomic E-state index is -3.78. The molecular formula is C12H20ClN3O3S. The smallest absolute Gasteiger partial charge is 0.238 e. The number of carbonyl (C=O) groups is 1. The minimum absolute atomic E-state index is 0. The zero-order valence-corrected chi connectivity index (χ0v) is 13.3. The highest BCUT2D eigenvalue weighted by atomic mass is 35.5. The molecule has 0 aromatic heterocycles. The highest BCUT2D eigenvalue weighted by molar-refractivity contribution is 7.89. The highest BCUT2D eigenvalue weighted by Crippen LogP contribution is 2.23. The van der Waals surface area contributed by atoms with Gasteiger partial charge in [-0.2, -0.15) is 0 Å². The zero-order valence-electron chi connectivity index (χ0n) is 11.7. The number of aryl methyl sites for hydroxylation is 1. The summed E-state index contributed by atoms with van der Waals surface area (Å²) in [5.41, 5.74) is 2.06. The predicted octanol–water partition coefficient (Wildman–Crippen LogP) is 0.921. The lowest BCUT2D eigenvalue weighted by molar-refractivity contribution is -0.116. The van der Waals surface area contributed by atoms with Crippen LogP contribution in [0.4, 0.5) is 5.69 Å². The Morgan fingerprint density at radius 2 is 1.90 bits per heavy atom. The molecule has 0 aliphatic rings. The van der Waals surface area contributed by atoms with Crippen molar-refractivity contribution < 1.29 is 13.2 Å². The third-order valence-corrected chi connectivity index (χ3v) is 3.74. The van der Waals surface area contributed by atoms with Crippen LogP contribution in [0.2, 0.25) is 0 Å². The molecule has 0 spiro atoms. The molecule has 8 heteroatoms. The van der Waals surface area contributed by atoms with Gasteiger partial charge < -0.3 is 10.6 Å². The topological polar surface area (TPSA) is 101 Å². The van der Waals surface area contributed by atoms with E-state index in [9.17, 15) is 13.2 Å². The largest absolute Gasteiger partial charge is 0.326 e. The van der Waals surface area contributed by atoms with E-state index in [1.807, 2.05) is 6.92 Å². The lowest BCUT2D eigenvalue weighted by atomic mass is 10.1. The maximum absolute atomic E-state index is 11.7. The summed E-state index contributed by atoms with van der Waals surface area (Å²) in [5, 5.41) is 10.7. The first-order valence-electron chi connectivity index (χ1n) is 5.84. The molecular weight excluding hydrogens is 302 g/mol. The Morgan fingerprint density at radius 1 is 1.30 bits per heavy atom. The molecule has 1 aromatic rings. The van der Waals surface area contributed by atoms with Crippen LogP contribution < -0.4 is 15.8 Å². The number of anilines is 1. The Morgan fingerprint density at radius 3 is 2.40 bits per heavy atom. The van der Waals surface area contributed by atoms with Crippen LogP contribution in [-0.4, -0.2) is 27.9 Å². The van der Waals surface area contributed by atoms with E-state index in [0.717, 1.165) is 11.1 Å². The van der Waals surface area contributed by atoms with Crippen molar-refractivity contribution in [2.45, 2.75) is 25.2 Å². The fourth-order valence-corrected chi connectivity index (χ4v) is 2.19. The average molecular weight is 322 g/mol. The molecule has 0 aliphatic heterocycles. The number of nitrogens with one attached hydrogen (secondary N) is 2. The van der Waals surface area contributed by atoms with E-state index in [4.69, 9.17) is 5.14 Å². The van der Waals surface area contributed by atoms with Gasteiger partial charge in [-0.25, -0.2) is 13.6 Å². The molecule has 0 heterocycles. The van der Waals surface area contributed by atoms with Crippen molar-refractivity contribution in [2.24, 2.45) is 5.14 Å². The van der Waals surface area contributed by atoms with Gasteiger partial charge in [0.1, 0.15) is 0 Å². The van der Waals surface area contributed by atoms with Crippen LogP contribution in [0.5, 0.6) is 0 Å². The Labute approximate surface area is 125 Å². The third-order valence-electron chi connectivity index (χ3n) is 2.85. The first-order valence-corrected chi connectivity index (χ1v) is 7.39. The molecule has 20 heavy (non-hydrogen) atoms. The summed E-state index contributed by atoms with van der Waals surface area (Å²) < 4.78 is 22.7. The van der Waals surface area contributed by atoms with Crippen molar-refractivity contribution in [3.63, 3.8) is 0 Å². The molecule has 0 fully saturated rings. The number of nitrogens with two attached hydrogens (primary N) is 1. The molecule has 1 aromatic carbocycles. The summed E-state index contributed by atoms with van der Waals surface area (Å²) in [5.74, 6) is -0.177. The normalized spacial score (nSPS) is 10.8. The van der Waals surface area contributed by atoms with Gasteiger partial charge in [0.15, 0.2) is 0 Å². The molecule has 0 unspecified atom stereocenters.